The zero-order chi connectivity index (χ0) is 9.26. The SMILES string of the molecule is NC1=NCN(c2ccsc2)C=C1F. The van der Waals surface area contributed by atoms with E-state index in [1.54, 1.807) is 16.2 Å². The van der Waals surface area contributed by atoms with Gasteiger partial charge >= 0.3 is 0 Å². The average molecular weight is 197 g/mol. The summed E-state index contributed by atoms with van der Waals surface area (Å²) in [5.74, 6) is -0.496. The topological polar surface area (TPSA) is 41.6 Å². The molecule has 1 aliphatic heterocycles. The third-order valence-electron chi connectivity index (χ3n) is 1.75. The number of hydrogen-bond acceptors (Lipinski definition) is 4. The van der Waals surface area contributed by atoms with Crippen molar-refractivity contribution in [2.75, 3.05) is 11.6 Å². The number of nitrogens with two attached hydrogens (primary N) is 1. The monoisotopic (exact) mass is 197 g/mol. The summed E-state index contributed by atoms with van der Waals surface area (Å²) in [6.45, 7) is 0.385. The van der Waals surface area contributed by atoms with Gasteiger partial charge in [-0.3, -0.25) is 0 Å². The molecular formula is C8H8FN3S. The van der Waals surface area contributed by atoms with E-state index >= 15 is 0 Å². The van der Waals surface area contributed by atoms with E-state index in [9.17, 15) is 4.39 Å². The number of amidine groups is 1. The van der Waals surface area contributed by atoms with E-state index < -0.39 is 5.83 Å². The Morgan fingerprint density at radius 2 is 2.46 bits per heavy atom. The summed E-state index contributed by atoms with van der Waals surface area (Å²) in [5, 5.41) is 3.86. The van der Waals surface area contributed by atoms with Gasteiger partial charge < -0.3 is 10.6 Å². The molecule has 68 valence electrons. The van der Waals surface area contributed by atoms with Crippen LogP contribution in [0.15, 0.2) is 33.8 Å². The highest BCUT2D eigenvalue weighted by molar-refractivity contribution is 7.08. The molecule has 0 atom stereocenters. The van der Waals surface area contributed by atoms with Crippen LogP contribution in [0.1, 0.15) is 0 Å². The lowest BCUT2D eigenvalue weighted by atomic mass is 10.4. The van der Waals surface area contributed by atoms with E-state index in [0.29, 0.717) is 6.67 Å². The quantitative estimate of drug-likeness (QED) is 0.744. The van der Waals surface area contributed by atoms with Crippen LogP contribution in [-0.2, 0) is 0 Å². The van der Waals surface area contributed by atoms with E-state index in [2.05, 4.69) is 4.99 Å². The Morgan fingerprint density at radius 1 is 1.62 bits per heavy atom. The summed E-state index contributed by atoms with van der Waals surface area (Å²) in [6, 6.07) is 1.91. The molecule has 1 aliphatic rings. The van der Waals surface area contributed by atoms with Crippen LogP contribution in [0.3, 0.4) is 0 Å². The predicted octanol–water partition coefficient (Wildman–Crippen LogP) is 1.69. The van der Waals surface area contributed by atoms with Crippen molar-refractivity contribution in [3.63, 3.8) is 0 Å². The Morgan fingerprint density at radius 3 is 3.08 bits per heavy atom. The first-order valence-corrected chi connectivity index (χ1v) is 4.68. The van der Waals surface area contributed by atoms with Crippen LogP contribution >= 0.6 is 11.3 Å². The van der Waals surface area contributed by atoms with Gasteiger partial charge in [-0.1, -0.05) is 0 Å². The lowest BCUT2D eigenvalue weighted by Gasteiger charge is -2.20. The minimum absolute atomic E-state index is 0.0218. The molecule has 0 spiro atoms. The van der Waals surface area contributed by atoms with E-state index in [4.69, 9.17) is 5.73 Å². The fourth-order valence-electron chi connectivity index (χ4n) is 1.05. The van der Waals surface area contributed by atoms with Crippen molar-refractivity contribution in [1.29, 1.82) is 0 Å². The molecule has 0 bridgehead atoms. The van der Waals surface area contributed by atoms with Crippen LogP contribution in [0, 0.1) is 0 Å². The summed E-state index contributed by atoms with van der Waals surface area (Å²) < 4.78 is 13.0. The van der Waals surface area contributed by atoms with E-state index in [1.807, 2.05) is 16.8 Å². The van der Waals surface area contributed by atoms with Gasteiger partial charge in [-0.2, -0.15) is 11.3 Å². The number of nitrogens with zero attached hydrogens (tertiary/aromatic N) is 2. The van der Waals surface area contributed by atoms with Crippen molar-refractivity contribution in [2.24, 2.45) is 10.7 Å². The molecule has 3 nitrogen and oxygen atoms in total. The number of rotatable bonds is 1. The standard InChI is InChI=1S/C8H8FN3S/c9-7-3-12(5-11-8(7)10)6-1-2-13-4-6/h1-4H,5H2,(H2,10,11). The highest BCUT2D eigenvalue weighted by Gasteiger charge is 2.12. The third-order valence-corrected chi connectivity index (χ3v) is 2.42. The molecule has 2 rings (SSSR count). The maximum absolute atomic E-state index is 13.0. The minimum Gasteiger partial charge on any atom is -0.381 e. The van der Waals surface area contributed by atoms with Gasteiger partial charge in [0.05, 0.1) is 5.69 Å². The molecule has 0 unspecified atom stereocenters. The molecular weight excluding hydrogens is 189 g/mol. The average Bonchev–Trinajstić information content (AvgIpc) is 2.62. The van der Waals surface area contributed by atoms with Gasteiger partial charge in [-0.15, -0.1) is 0 Å². The van der Waals surface area contributed by atoms with Crippen molar-refractivity contribution < 1.29 is 4.39 Å². The molecule has 0 radical (unpaired) electrons. The molecule has 0 aromatic carbocycles. The van der Waals surface area contributed by atoms with Crippen molar-refractivity contribution >= 4 is 22.9 Å². The van der Waals surface area contributed by atoms with Crippen molar-refractivity contribution in [3.8, 4) is 0 Å². The third kappa shape index (κ3) is 1.55. The second-order valence-electron chi connectivity index (χ2n) is 2.61. The fraction of sp³-hybridized carbons (Fsp3) is 0.125. The first-order valence-electron chi connectivity index (χ1n) is 3.74. The van der Waals surface area contributed by atoms with E-state index in [-0.39, 0.29) is 5.84 Å². The van der Waals surface area contributed by atoms with Gasteiger partial charge in [0.15, 0.2) is 11.7 Å². The summed E-state index contributed by atoms with van der Waals surface area (Å²) >= 11 is 1.56. The lowest BCUT2D eigenvalue weighted by Crippen LogP contribution is -2.26. The first-order chi connectivity index (χ1) is 6.27. The smallest absolute Gasteiger partial charge is 0.181 e. The highest BCUT2D eigenvalue weighted by atomic mass is 32.1. The largest absolute Gasteiger partial charge is 0.381 e. The maximum atomic E-state index is 13.0. The molecule has 2 N–H and O–H groups in total. The van der Waals surface area contributed by atoms with Gasteiger partial charge in [0.1, 0.15) is 6.67 Å². The van der Waals surface area contributed by atoms with E-state index in [0.717, 1.165) is 5.69 Å². The molecule has 0 saturated heterocycles. The number of aliphatic imine (C=N–C) groups is 1. The van der Waals surface area contributed by atoms with Crippen LogP contribution in [0.4, 0.5) is 10.1 Å². The summed E-state index contributed by atoms with van der Waals surface area (Å²) in [7, 11) is 0. The van der Waals surface area contributed by atoms with Crippen LogP contribution < -0.4 is 10.6 Å². The molecule has 0 fully saturated rings. The molecule has 0 amide bonds. The van der Waals surface area contributed by atoms with Crippen molar-refractivity contribution in [3.05, 3.63) is 28.9 Å². The number of halogens is 1. The Kier molecular flexibility index (Phi) is 2.02. The second kappa shape index (κ2) is 3.18. The fourth-order valence-corrected chi connectivity index (χ4v) is 1.70. The van der Waals surface area contributed by atoms with Crippen LogP contribution in [-0.4, -0.2) is 12.5 Å². The summed E-state index contributed by atoms with van der Waals surface area (Å²) in [5.41, 5.74) is 6.22. The van der Waals surface area contributed by atoms with Gasteiger partial charge in [-0.05, 0) is 11.4 Å². The first kappa shape index (κ1) is 8.25. The Balaban J connectivity index is 2.23. The summed E-state index contributed by atoms with van der Waals surface area (Å²) in [6.07, 6.45) is 1.37. The molecule has 13 heavy (non-hydrogen) atoms. The van der Waals surface area contributed by atoms with Gasteiger partial charge in [0, 0.05) is 11.6 Å². The highest BCUT2D eigenvalue weighted by Crippen LogP contribution is 2.21. The van der Waals surface area contributed by atoms with Gasteiger partial charge in [-0.25, -0.2) is 9.38 Å². The van der Waals surface area contributed by atoms with Crippen LogP contribution in [0.2, 0.25) is 0 Å². The van der Waals surface area contributed by atoms with Gasteiger partial charge in [0.25, 0.3) is 0 Å². The van der Waals surface area contributed by atoms with Crippen molar-refractivity contribution in [1.82, 2.24) is 0 Å². The van der Waals surface area contributed by atoms with Crippen LogP contribution in [0.5, 0.6) is 0 Å². The van der Waals surface area contributed by atoms with Gasteiger partial charge in [0.2, 0.25) is 0 Å². The second-order valence-corrected chi connectivity index (χ2v) is 3.39. The number of anilines is 1. The van der Waals surface area contributed by atoms with Crippen LogP contribution in [0.25, 0.3) is 0 Å². The molecule has 1 aromatic rings. The minimum atomic E-state index is -0.475. The molecule has 5 heteroatoms. The zero-order valence-corrected chi connectivity index (χ0v) is 7.59. The summed E-state index contributed by atoms with van der Waals surface area (Å²) in [4.78, 5) is 5.54. The number of thiophene rings is 1. The predicted molar refractivity (Wildman–Crippen MR) is 52.5 cm³/mol. The van der Waals surface area contributed by atoms with E-state index in [1.165, 1.54) is 6.20 Å². The maximum Gasteiger partial charge on any atom is 0.181 e. The Hall–Kier alpha value is -1.36. The Bertz CT molecular complexity index is 355. The molecule has 0 aliphatic carbocycles. The molecule has 0 saturated carbocycles. The molecule has 2 heterocycles. The zero-order valence-electron chi connectivity index (χ0n) is 6.77. The normalized spacial score (nSPS) is 16.8. The van der Waals surface area contributed by atoms with Crippen molar-refractivity contribution in [2.45, 2.75) is 0 Å². The molecule has 1 aromatic heterocycles. The number of hydrogen-bond donors (Lipinski definition) is 1. The lowest BCUT2D eigenvalue weighted by molar-refractivity contribution is 0.662. The Labute approximate surface area is 79.0 Å².